The highest BCUT2D eigenvalue weighted by Crippen LogP contribution is 2.33. The van der Waals surface area contributed by atoms with Crippen LogP contribution in [0, 0.1) is 5.82 Å². The van der Waals surface area contributed by atoms with Crippen molar-refractivity contribution in [1.82, 2.24) is 14.4 Å². The predicted molar refractivity (Wildman–Crippen MR) is 107 cm³/mol. The Morgan fingerprint density at radius 3 is 2.54 bits per heavy atom. The van der Waals surface area contributed by atoms with Crippen LogP contribution in [-0.2, 0) is 5.75 Å². The fraction of sp³-hybridized carbons (Fsp3) is 0.143. The van der Waals surface area contributed by atoms with Gasteiger partial charge in [-0.1, -0.05) is 23.9 Å². The molecule has 0 spiro atoms. The molecule has 0 unspecified atom stereocenters. The number of methoxy groups -OCH3 is 2. The van der Waals surface area contributed by atoms with Crippen molar-refractivity contribution in [3.63, 3.8) is 0 Å². The van der Waals surface area contributed by atoms with Crippen LogP contribution in [0.5, 0.6) is 11.5 Å². The Kier molecular flexibility index (Phi) is 5.16. The van der Waals surface area contributed by atoms with Gasteiger partial charge >= 0.3 is 0 Å². The number of halogens is 1. The van der Waals surface area contributed by atoms with Crippen molar-refractivity contribution >= 4 is 17.4 Å². The van der Waals surface area contributed by atoms with Gasteiger partial charge in [0.1, 0.15) is 11.5 Å². The zero-order valence-corrected chi connectivity index (χ0v) is 16.2. The second-order valence-corrected chi connectivity index (χ2v) is 7.01. The van der Waals surface area contributed by atoms with E-state index in [2.05, 4.69) is 4.98 Å². The normalized spacial score (nSPS) is 11.0. The Morgan fingerprint density at radius 2 is 1.79 bits per heavy atom. The maximum absolute atomic E-state index is 13.1. The van der Waals surface area contributed by atoms with E-state index >= 15 is 0 Å². The second kappa shape index (κ2) is 7.90. The lowest BCUT2D eigenvalue weighted by Gasteiger charge is -2.11. The number of imidazole rings is 1. The minimum Gasteiger partial charge on any atom is -0.493 e. The van der Waals surface area contributed by atoms with E-state index in [9.17, 15) is 4.39 Å². The van der Waals surface area contributed by atoms with Gasteiger partial charge in [-0.15, -0.1) is 0 Å². The van der Waals surface area contributed by atoms with E-state index in [1.165, 1.54) is 12.1 Å². The summed E-state index contributed by atoms with van der Waals surface area (Å²) in [5.74, 6) is 1.75. The zero-order chi connectivity index (χ0) is 19.5. The van der Waals surface area contributed by atoms with Crippen LogP contribution in [0.25, 0.3) is 16.9 Å². The number of fused-ring (bicyclic) bond motifs is 1. The molecule has 0 aliphatic rings. The third-order valence-electron chi connectivity index (χ3n) is 4.32. The molecule has 0 N–H and O–H groups in total. The molecule has 0 atom stereocenters. The summed E-state index contributed by atoms with van der Waals surface area (Å²) in [5.41, 5.74) is 3.53. The maximum atomic E-state index is 13.1. The first kappa shape index (κ1) is 18.3. The molecular weight excluding hydrogens is 377 g/mol. The van der Waals surface area contributed by atoms with E-state index in [1.807, 2.05) is 34.9 Å². The van der Waals surface area contributed by atoms with Crippen molar-refractivity contribution in [2.45, 2.75) is 10.9 Å². The first-order valence-electron chi connectivity index (χ1n) is 8.61. The van der Waals surface area contributed by atoms with Crippen LogP contribution in [0.4, 0.5) is 4.39 Å². The summed E-state index contributed by atoms with van der Waals surface area (Å²) in [4.78, 5) is 9.23. The second-order valence-electron chi connectivity index (χ2n) is 6.06. The molecule has 2 aromatic heterocycles. The largest absolute Gasteiger partial charge is 0.493 e. The topological polar surface area (TPSA) is 48.7 Å². The van der Waals surface area contributed by atoms with Crippen molar-refractivity contribution in [1.29, 1.82) is 0 Å². The van der Waals surface area contributed by atoms with Crippen molar-refractivity contribution in [3.8, 4) is 22.8 Å². The standard InChI is InChI=1S/C21H18FN3O2S/c1-26-18-8-5-15(11-19(18)27-2)17-12-20-23-9-10-25(20)21(24-17)28-13-14-3-6-16(22)7-4-14/h3-12H,13H2,1-2H3. The molecule has 0 saturated carbocycles. The van der Waals surface area contributed by atoms with Crippen LogP contribution in [0.1, 0.15) is 5.56 Å². The lowest BCUT2D eigenvalue weighted by Crippen LogP contribution is -1.98. The Balaban J connectivity index is 1.69. The molecule has 0 saturated heterocycles. The summed E-state index contributed by atoms with van der Waals surface area (Å²) in [5, 5.41) is 0.809. The number of nitrogens with zero attached hydrogens (tertiary/aromatic N) is 3. The van der Waals surface area contributed by atoms with E-state index < -0.39 is 0 Å². The van der Waals surface area contributed by atoms with Gasteiger partial charge in [-0.25, -0.2) is 14.4 Å². The molecule has 5 nitrogen and oxygen atoms in total. The number of rotatable bonds is 6. The Hall–Kier alpha value is -3.06. The molecule has 2 aromatic carbocycles. The minimum atomic E-state index is -0.237. The molecule has 4 rings (SSSR count). The monoisotopic (exact) mass is 395 g/mol. The molecule has 4 aromatic rings. The highest BCUT2D eigenvalue weighted by Gasteiger charge is 2.12. The van der Waals surface area contributed by atoms with Gasteiger partial charge in [0.2, 0.25) is 0 Å². The molecule has 0 radical (unpaired) electrons. The summed E-state index contributed by atoms with van der Waals surface area (Å²) < 4.78 is 25.8. The first-order valence-corrected chi connectivity index (χ1v) is 9.60. The van der Waals surface area contributed by atoms with Crippen LogP contribution < -0.4 is 9.47 Å². The zero-order valence-electron chi connectivity index (χ0n) is 15.4. The third-order valence-corrected chi connectivity index (χ3v) is 5.34. The number of hydrogen-bond donors (Lipinski definition) is 0. The summed E-state index contributed by atoms with van der Waals surface area (Å²) in [6, 6.07) is 14.1. The van der Waals surface area contributed by atoms with Crippen LogP contribution in [-0.4, -0.2) is 28.6 Å². The van der Waals surface area contributed by atoms with Gasteiger partial charge in [-0.05, 0) is 35.9 Å². The van der Waals surface area contributed by atoms with Crippen molar-refractivity contribution in [2.24, 2.45) is 0 Å². The molecule has 0 aliphatic carbocycles. The number of hydrogen-bond acceptors (Lipinski definition) is 5. The Labute approximate surface area is 166 Å². The van der Waals surface area contributed by atoms with E-state index in [0.29, 0.717) is 17.3 Å². The molecule has 7 heteroatoms. The van der Waals surface area contributed by atoms with Gasteiger partial charge in [0.15, 0.2) is 16.7 Å². The summed E-state index contributed by atoms with van der Waals surface area (Å²) in [7, 11) is 3.22. The van der Waals surface area contributed by atoms with Crippen molar-refractivity contribution in [3.05, 3.63) is 72.3 Å². The number of ether oxygens (including phenoxy) is 2. The Morgan fingerprint density at radius 1 is 1.00 bits per heavy atom. The van der Waals surface area contributed by atoms with Crippen LogP contribution in [0.2, 0.25) is 0 Å². The predicted octanol–water partition coefficient (Wildman–Crippen LogP) is 4.84. The molecule has 0 aliphatic heterocycles. The van der Waals surface area contributed by atoms with Gasteiger partial charge in [0.25, 0.3) is 0 Å². The number of thioether (sulfide) groups is 1. The lowest BCUT2D eigenvalue weighted by molar-refractivity contribution is 0.355. The van der Waals surface area contributed by atoms with E-state index in [1.54, 1.807) is 44.3 Å². The van der Waals surface area contributed by atoms with Crippen LogP contribution in [0.3, 0.4) is 0 Å². The van der Waals surface area contributed by atoms with Crippen LogP contribution in [0.15, 0.2) is 66.1 Å². The molecule has 2 heterocycles. The van der Waals surface area contributed by atoms with Gasteiger partial charge in [0, 0.05) is 29.8 Å². The van der Waals surface area contributed by atoms with Crippen LogP contribution >= 0.6 is 11.8 Å². The number of benzene rings is 2. The first-order chi connectivity index (χ1) is 13.7. The summed E-state index contributed by atoms with van der Waals surface area (Å²) >= 11 is 1.57. The summed E-state index contributed by atoms with van der Waals surface area (Å²) in [6.45, 7) is 0. The van der Waals surface area contributed by atoms with E-state index in [-0.39, 0.29) is 5.82 Å². The van der Waals surface area contributed by atoms with E-state index in [4.69, 9.17) is 14.5 Å². The lowest BCUT2D eigenvalue weighted by atomic mass is 10.1. The summed E-state index contributed by atoms with van der Waals surface area (Å²) in [6.07, 6.45) is 3.63. The van der Waals surface area contributed by atoms with Gasteiger partial charge in [-0.3, -0.25) is 4.40 Å². The van der Waals surface area contributed by atoms with Gasteiger partial charge < -0.3 is 9.47 Å². The molecule has 0 fully saturated rings. The maximum Gasteiger partial charge on any atom is 0.174 e. The SMILES string of the molecule is COc1ccc(-c2cc3nccn3c(SCc3ccc(F)cc3)n2)cc1OC. The average Bonchev–Trinajstić information content (AvgIpc) is 3.21. The van der Waals surface area contributed by atoms with E-state index in [0.717, 1.165) is 27.6 Å². The highest BCUT2D eigenvalue weighted by molar-refractivity contribution is 7.98. The number of aromatic nitrogens is 3. The van der Waals surface area contributed by atoms with Crippen molar-refractivity contribution in [2.75, 3.05) is 14.2 Å². The highest BCUT2D eigenvalue weighted by atomic mass is 32.2. The van der Waals surface area contributed by atoms with Crippen molar-refractivity contribution < 1.29 is 13.9 Å². The van der Waals surface area contributed by atoms with Gasteiger partial charge in [0.05, 0.1) is 19.9 Å². The Bertz CT molecular complexity index is 1110. The molecule has 0 bridgehead atoms. The quantitative estimate of drug-likeness (QED) is 0.345. The minimum absolute atomic E-state index is 0.237. The molecular formula is C21H18FN3O2S. The molecule has 0 amide bonds. The molecule has 28 heavy (non-hydrogen) atoms. The molecule has 142 valence electrons. The smallest absolute Gasteiger partial charge is 0.174 e. The fourth-order valence-electron chi connectivity index (χ4n) is 2.87. The fourth-order valence-corrected chi connectivity index (χ4v) is 3.81. The third kappa shape index (κ3) is 3.66. The average molecular weight is 395 g/mol. The van der Waals surface area contributed by atoms with Gasteiger partial charge in [-0.2, -0.15) is 0 Å².